The molecule has 0 radical (unpaired) electrons. The van der Waals surface area contributed by atoms with Crippen LogP contribution in [0.2, 0.25) is 0 Å². The highest BCUT2D eigenvalue weighted by Crippen LogP contribution is 2.25. The summed E-state index contributed by atoms with van der Waals surface area (Å²) >= 11 is 0. The van der Waals surface area contributed by atoms with Gasteiger partial charge in [0.15, 0.2) is 0 Å². The summed E-state index contributed by atoms with van der Waals surface area (Å²) in [5.74, 6) is 0. The molecule has 0 aromatic heterocycles. The highest BCUT2D eigenvalue weighted by Gasteiger charge is 2.27. The largest absolute Gasteiger partial charge is 0.300 e. The van der Waals surface area contributed by atoms with Gasteiger partial charge in [0.1, 0.15) is 0 Å². The van der Waals surface area contributed by atoms with Crippen LogP contribution in [0.3, 0.4) is 0 Å². The summed E-state index contributed by atoms with van der Waals surface area (Å²) in [6.07, 6.45) is 3.01. The monoisotopic (exact) mass is 323 g/mol. The molecule has 126 valence electrons. The first kappa shape index (κ1) is 16.7. The van der Waals surface area contributed by atoms with Crippen molar-refractivity contribution in [1.82, 2.24) is 4.90 Å². The van der Waals surface area contributed by atoms with E-state index < -0.39 is 0 Å². The Bertz CT molecular complexity index is 624. The Morgan fingerprint density at radius 2 is 1.62 bits per heavy atom. The first-order valence-corrected chi connectivity index (χ1v) is 8.73. The number of nitrogens with zero attached hydrogens (tertiary/aromatic N) is 3. The summed E-state index contributed by atoms with van der Waals surface area (Å²) in [4.78, 5) is 13.8. The third-order valence-corrected chi connectivity index (χ3v) is 4.95. The van der Waals surface area contributed by atoms with E-state index in [1.165, 1.54) is 5.56 Å². The van der Waals surface area contributed by atoms with Crippen molar-refractivity contribution < 1.29 is 0 Å². The molecule has 24 heavy (non-hydrogen) atoms. The Morgan fingerprint density at radius 3 is 2.21 bits per heavy atom. The number of likely N-dealkylation sites (tertiary alicyclic amines) is 1. The summed E-state index contributed by atoms with van der Waals surface area (Å²) in [6, 6.07) is 21.1. The lowest BCUT2D eigenvalue weighted by atomic mass is 9.99. The molecule has 3 rings (SSSR count). The normalized spacial score (nSPS) is 17.4. The molecular formula is C20H25N3O. The van der Waals surface area contributed by atoms with Crippen LogP contribution < -0.4 is 5.01 Å². The van der Waals surface area contributed by atoms with E-state index in [-0.39, 0.29) is 6.04 Å². The van der Waals surface area contributed by atoms with Crippen molar-refractivity contribution in [3.63, 3.8) is 0 Å². The van der Waals surface area contributed by atoms with Crippen LogP contribution in [0.1, 0.15) is 25.3 Å². The lowest BCUT2D eigenvalue weighted by Crippen LogP contribution is -2.46. The van der Waals surface area contributed by atoms with E-state index in [0.29, 0.717) is 6.04 Å². The summed E-state index contributed by atoms with van der Waals surface area (Å²) in [5.41, 5.74) is 2.27. The van der Waals surface area contributed by atoms with Crippen LogP contribution in [0.5, 0.6) is 0 Å². The van der Waals surface area contributed by atoms with Gasteiger partial charge in [0.25, 0.3) is 0 Å². The van der Waals surface area contributed by atoms with Gasteiger partial charge in [0.05, 0.1) is 17.0 Å². The number of hydrogen-bond acceptors (Lipinski definition) is 3. The first-order valence-electron chi connectivity index (χ1n) is 8.73. The number of rotatable bonds is 6. The fraction of sp³-hybridized carbons (Fsp3) is 0.400. The Morgan fingerprint density at radius 1 is 1.04 bits per heavy atom. The molecule has 0 spiro atoms. The van der Waals surface area contributed by atoms with Gasteiger partial charge in [-0.2, -0.15) is 0 Å². The standard InChI is InChI=1S/C20H25N3O/c1-17(16-18-8-4-2-5-9-18)22-14-12-20(13-15-22)23(21-24)19-10-6-3-7-11-19/h2-11,17,20H,12-16H2,1H3. The lowest BCUT2D eigenvalue weighted by Gasteiger charge is -2.38. The number of anilines is 1. The van der Waals surface area contributed by atoms with Crippen LogP contribution in [0, 0.1) is 4.91 Å². The van der Waals surface area contributed by atoms with Gasteiger partial charge >= 0.3 is 0 Å². The van der Waals surface area contributed by atoms with Crippen LogP contribution in [0.25, 0.3) is 0 Å². The van der Waals surface area contributed by atoms with Crippen molar-refractivity contribution in [2.75, 3.05) is 18.1 Å². The highest BCUT2D eigenvalue weighted by atomic mass is 16.3. The zero-order chi connectivity index (χ0) is 16.8. The van der Waals surface area contributed by atoms with Crippen molar-refractivity contribution in [2.24, 2.45) is 5.29 Å². The quantitative estimate of drug-likeness (QED) is 0.588. The summed E-state index contributed by atoms with van der Waals surface area (Å²) in [6.45, 7) is 4.31. The average Bonchev–Trinajstić information content (AvgIpc) is 2.65. The van der Waals surface area contributed by atoms with Crippen molar-refractivity contribution in [3.8, 4) is 0 Å². The minimum absolute atomic E-state index is 0.199. The molecule has 1 heterocycles. The van der Waals surface area contributed by atoms with Gasteiger partial charge in [0, 0.05) is 19.1 Å². The summed E-state index contributed by atoms with van der Waals surface area (Å²) in [5, 5.41) is 4.94. The molecular weight excluding hydrogens is 298 g/mol. The minimum atomic E-state index is 0.199. The fourth-order valence-corrected chi connectivity index (χ4v) is 3.56. The molecule has 1 saturated heterocycles. The molecule has 1 aliphatic rings. The predicted molar refractivity (Wildman–Crippen MR) is 98.9 cm³/mol. The van der Waals surface area contributed by atoms with E-state index in [2.05, 4.69) is 47.4 Å². The van der Waals surface area contributed by atoms with Gasteiger partial charge in [0.2, 0.25) is 0 Å². The molecule has 1 aliphatic heterocycles. The second-order valence-corrected chi connectivity index (χ2v) is 6.57. The van der Waals surface area contributed by atoms with Crippen molar-refractivity contribution in [2.45, 2.75) is 38.3 Å². The molecule has 0 saturated carbocycles. The van der Waals surface area contributed by atoms with Crippen LogP contribution in [0.4, 0.5) is 5.69 Å². The molecule has 0 N–H and O–H groups in total. The Kier molecular flexibility index (Phi) is 5.59. The van der Waals surface area contributed by atoms with Gasteiger partial charge in [-0.15, -0.1) is 4.91 Å². The van der Waals surface area contributed by atoms with Gasteiger partial charge < -0.3 is 4.90 Å². The zero-order valence-electron chi connectivity index (χ0n) is 14.2. The maximum atomic E-state index is 11.3. The smallest absolute Gasteiger partial charge is 0.0629 e. The zero-order valence-corrected chi connectivity index (χ0v) is 14.2. The summed E-state index contributed by atoms with van der Waals surface area (Å²) in [7, 11) is 0. The summed E-state index contributed by atoms with van der Waals surface area (Å²) < 4.78 is 0. The van der Waals surface area contributed by atoms with Crippen molar-refractivity contribution in [1.29, 1.82) is 0 Å². The van der Waals surface area contributed by atoms with Crippen LogP contribution in [-0.2, 0) is 6.42 Å². The number of para-hydroxylation sites is 1. The molecule has 2 aromatic rings. The molecule has 0 bridgehead atoms. The van der Waals surface area contributed by atoms with Crippen LogP contribution in [-0.4, -0.2) is 30.1 Å². The average molecular weight is 323 g/mol. The topological polar surface area (TPSA) is 35.9 Å². The predicted octanol–water partition coefficient (Wildman–Crippen LogP) is 4.27. The van der Waals surface area contributed by atoms with E-state index >= 15 is 0 Å². The molecule has 0 aliphatic carbocycles. The Labute approximate surface area is 144 Å². The third-order valence-electron chi connectivity index (χ3n) is 4.95. The first-order chi connectivity index (χ1) is 11.8. The molecule has 1 unspecified atom stereocenters. The van der Waals surface area contributed by atoms with E-state index in [0.717, 1.165) is 38.0 Å². The van der Waals surface area contributed by atoms with Gasteiger partial charge in [-0.3, -0.25) is 0 Å². The third kappa shape index (κ3) is 4.01. The van der Waals surface area contributed by atoms with Gasteiger partial charge in [-0.05, 0) is 43.9 Å². The lowest BCUT2D eigenvalue weighted by molar-refractivity contribution is 0.159. The van der Waals surface area contributed by atoms with E-state index in [1.54, 1.807) is 5.01 Å². The molecule has 4 heteroatoms. The molecule has 1 atom stereocenters. The Hall–Kier alpha value is -2.20. The number of benzene rings is 2. The van der Waals surface area contributed by atoms with Crippen molar-refractivity contribution >= 4 is 5.69 Å². The second kappa shape index (κ2) is 8.06. The molecule has 4 nitrogen and oxygen atoms in total. The molecule has 2 aromatic carbocycles. The van der Waals surface area contributed by atoms with E-state index in [4.69, 9.17) is 0 Å². The number of piperidine rings is 1. The Balaban J connectivity index is 1.56. The minimum Gasteiger partial charge on any atom is -0.300 e. The highest BCUT2D eigenvalue weighted by molar-refractivity contribution is 5.46. The van der Waals surface area contributed by atoms with Gasteiger partial charge in [-0.25, -0.2) is 5.01 Å². The maximum absolute atomic E-state index is 11.3. The van der Waals surface area contributed by atoms with Crippen LogP contribution in [0.15, 0.2) is 65.9 Å². The number of nitroso groups, excluding NO2 is 1. The maximum Gasteiger partial charge on any atom is 0.0629 e. The van der Waals surface area contributed by atoms with E-state index in [1.807, 2.05) is 30.3 Å². The van der Waals surface area contributed by atoms with Crippen molar-refractivity contribution in [3.05, 3.63) is 71.1 Å². The number of hydrogen-bond donors (Lipinski definition) is 0. The molecule has 0 amide bonds. The fourth-order valence-electron chi connectivity index (χ4n) is 3.56. The second-order valence-electron chi connectivity index (χ2n) is 6.57. The van der Waals surface area contributed by atoms with Gasteiger partial charge in [-0.1, -0.05) is 48.5 Å². The SMILES string of the molecule is CC(Cc1ccccc1)N1CCC(N(N=O)c2ccccc2)CC1. The van der Waals surface area contributed by atoms with Crippen LogP contribution >= 0.6 is 0 Å². The van der Waals surface area contributed by atoms with E-state index in [9.17, 15) is 4.91 Å². The molecule has 1 fully saturated rings.